The van der Waals surface area contributed by atoms with E-state index in [0.29, 0.717) is 11.6 Å². The fourth-order valence-corrected chi connectivity index (χ4v) is 4.36. The highest BCUT2D eigenvalue weighted by molar-refractivity contribution is 5.58. The van der Waals surface area contributed by atoms with Gasteiger partial charge in [-0.05, 0) is 56.6 Å². The summed E-state index contributed by atoms with van der Waals surface area (Å²) in [6, 6.07) is 10.3. The van der Waals surface area contributed by atoms with Crippen LogP contribution in [0.1, 0.15) is 35.9 Å². The van der Waals surface area contributed by atoms with Gasteiger partial charge in [-0.3, -0.25) is 4.90 Å². The van der Waals surface area contributed by atoms with Crippen LogP contribution in [-0.4, -0.2) is 42.5 Å². The molecule has 1 fully saturated rings. The van der Waals surface area contributed by atoms with Gasteiger partial charge >= 0.3 is 0 Å². The van der Waals surface area contributed by atoms with Crippen molar-refractivity contribution in [2.24, 2.45) is 7.05 Å². The second-order valence-electron chi connectivity index (χ2n) is 8.21. The van der Waals surface area contributed by atoms with Gasteiger partial charge in [0.15, 0.2) is 5.76 Å². The maximum absolute atomic E-state index is 13.8. The molecule has 4 heterocycles. The van der Waals surface area contributed by atoms with Crippen molar-refractivity contribution in [3.63, 3.8) is 0 Å². The second-order valence-corrected chi connectivity index (χ2v) is 8.21. The lowest BCUT2D eigenvalue weighted by Crippen LogP contribution is -2.34. The van der Waals surface area contributed by atoms with E-state index in [1.54, 1.807) is 17.1 Å². The predicted molar refractivity (Wildman–Crippen MR) is 114 cm³/mol. The lowest BCUT2D eigenvalue weighted by atomic mass is 9.96. The summed E-state index contributed by atoms with van der Waals surface area (Å²) in [5, 5.41) is 13.1. The lowest BCUT2D eigenvalue weighted by Gasteiger charge is -2.31. The third-order valence-corrected chi connectivity index (χ3v) is 5.85. The summed E-state index contributed by atoms with van der Waals surface area (Å²) in [4.78, 5) is 2.43. The predicted octanol–water partition coefficient (Wildman–Crippen LogP) is 4.09. The summed E-state index contributed by atoms with van der Waals surface area (Å²) < 4.78 is 23.4. The van der Waals surface area contributed by atoms with Crippen molar-refractivity contribution in [2.75, 3.05) is 13.1 Å². The van der Waals surface area contributed by atoms with Crippen LogP contribution in [0, 0.1) is 12.7 Å². The van der Waals surface area contributed by atoms with Crippen molar-refractivity contribution in [2.45, 2.75) is 32.2 Å². The zero-order valence-corrected chi connectivity index (χ0v) is 17.7. The van der Waals surface area contributed by atoms with Gasteiger partial charge in [0.1, 0.15) is 29.4 Å². The van der Waals surface area contributed by atoms with Gasteiger partial charge in [-0.1, -0.05) is 6.07 Å². The molecule has 1 saturated heterocycles. The van der Waals surface area contributed by atoms with Crippen LogP contribution < -0.4 is 0 Å². The molecule has 7 nitrogen and oxygen atoms in total. The summed E-state index contributed by atoms with van der Waals surface area (Å²) in [6.07, 6.45) is 5.95. The van der Waals surface area contributed by atoms with Crippen molar-refractivity contribution in [1.82, 2.24) is 29.4 Å². The zero-order valence-electron chi connectivity index (χ0n) is 17.7. The molecule has 31 heavy (non-hydrogen) atoms. The summed E-state index contributed by atoms with van der Waals surface area (Å²) in [6.45, 7) is 4.58. The summed E-state index contributed by atoms with van der Waals surface area (Å²) in [5.41, 5.74) is 2.53. The Balaban J connectivity index is 1.45. The Hall–Kier alpha value is -3.26. The average molecular weight is 420 g/mol. The van der Waals surface area contributed by atoms with Crippen molar-refractivity contribution >= 4 is 0 Å². The number of halogens is 1. The number of hydrogen-bond acceptors (Lipinski definition) is 5. The van der Waals surface area contributed by atoms with Crippen LogP contribution in [0.2, 0.25) is 0 Å². The molecule has 0 bridgehead atoms. The molecule has 8 heteroatoms. The van der Waals surface area contributed by atoms with Gasteiger partial charge < -0.3 is 8.98 Å². The third kappa shape index (κ3) is 4.03. The lowest BCUT2D eigenvalue weighted by molar-refractivity contribution is 0.195. The number of hydrogen-bond donors (Lipinski definition) is 0. The highest BCUT2D eigenvalue weighted by atomic mass is 19.1. The van der Waals surface area contributed by atoms with Crippen molar-refractivity contribution < 1.29 is 8.81 Å². The first-order valence-corrected chi connectivity index (χ1v) is 10.5. The quantitative estimate of drug-likeness (QED) is 0.487. The maximum atomic E-state index is 13.8. The number of benzene rings is 1. The van der Waals surface area contributed by atoms with E-state index in [-0.39, 0.29) is 5.82 Å². The minimum Gasteiger partial charge on any atom is -0.460 e. The Labute approximate surface area is 180 Å². The monoisotopic (exact) mass is 420 g/mol. The minimum atomic E-state index is -0.285. The molecule has 3 aromatic heterocycles. The molecule has 1 atom stereocenters. The first kappa shape index (κ1) is 19.7. The van der Waals surface area contributed by atoms with E-state index in [0.717, 1.165) is 61.1 Å². The third-order valence-electron chi connectivity index (χ3n) is 5.85. The van der Waals surface area contributed by atoms with Gasteiger partial charge in [-0.25, -0.2) is 9.07 Å². The van der Waals surface area contributed by atoms with Crippen LogP contribution in [-0.2, 0) is 13.6 Å². The van der Waals surface area contributed by atoms with Gasteiger partial charge in [-0.2, -0.15) is 5.10 Å². The Morgan fingerprint density at radius 3 is 2.87 bits per heavy atom. The summed E-state index contributed by atoms with van der Waals surface area (Å²) in [5.74, 6) is 2.66. The molecule has 0 spiro atoms. The Kier molecular flexibility index (Phi) is 5.15. The molecule has 0 saturated carbocycles. The number of nitrogens with zero attached hydrogens (tertiary/aromatic N) is 6. The number of furan rings is 1. The van der Waals surface area contributed by atoms with Crippen LogP contribution in [0.5, 0.6) is 0 Å². The number of piperidine rings is 1. The molecule has 0 N–H and O–H groups in total. The zero-order chi connectivity index (χ0) is 21.4. The molecule has 0 aliphatic carbocycles. The van der Waals surface area contributed by atoms with Crippen LogP contribution in [0.3, 0.4) is 0 Å². The fourth-order valence-electron chi connectivity index (χ4n) is 4.36. The van der Waals surface area contributed by atoms with Gasteiger partial charge in [0.2, 0.25) is 0 Å². The van der Waals surface area contributed by atoms with Crippen LogP contribution in [0.25, 0.3) is 17.1 Å². The number of aryl methyl sites for hydroxylation is 2. The fraction of sp³-hybridized carbons (Fsp3) is 0.348. The topological polar surface area (TPSA) is 64.9 Å². The number of likely N-dealkylation sites (tertiary alicyclic amines) is 1. The highest BCUT2D eigenvalue weighted by Crippen LogP contribution is 2.30. The normalized spacial score (nSPS) is 17.3. The smallest absolute Gasteiger partial charge is 0.154 e. The van der Waals surface area contributed by atoms with Crippen molar-refractivity contribution in [3.05, 3.63) is 71.9 Å². The first-order valence-electron chi connectivity index (χ1n) is 10.5. The second kappa shape index (κ2) is 8.11. The summed E-state index contributed by atoms with van der Waals surface area (Å²) in [7, 11) is 1.99. The molecule has 1 unspecified atom stereocenters. The van der Waals surface area contributed by atoms with E-state index in [2.05, 4.69) is 15.1 Å². The molecule has 0 amide bonds. The molecule has 1 aliphatic rings. The van der Waals surface area contributed by atoms with E-state index in [4.69, 9.17) is 9.52 Å². The molecule has 0 radical (unpaired) electrons. The van der Waals surface area contributed by atoms with Gasteiger partial charge in [0, 0.05) is 37.8 Å². The Morgan fingerprint density at radius 1 is 1.23 bits per heavy atom. The molecule has 1 aromatic carbocycles. The van der Waals surface area contributed by atoms with E-state index >= 15 is 0 Å². The number of aromatic nitrogens is 5. The molecular weight excluding hydrogens is 395 g/mol. The Morgan fingerprint density at radius 2 is 2.13 bits per heavy atom. The van der Waals surface area contributed by atoms with Gasteiger partial charge in [0.25, 0.3) is 0 Å². The van der Waals surface area contributed by atoms with Crippen LogP contribution >= 0.6 is 0 Å². The summed E-state index contributed by atoms with van der Waals surface area (Å²) >= 11 is 0. The molecule has 5 rings (SSSR count). The molecule has 4 aromatic rings. The highest BCUT2D eigenvalue weighted by Gasteiger charge is 2.26. The van der Waals surface area contributed by atoms with E-state index in [1.165, 1.54) is 12.1 Å². The van der Waals surface area contributed by atoms with Crippen LogP contribution in [0.4, 0.5) is 4.39 Å². The van der Waals surface area contributed by atoms with Crippen molar-refractivity contribution in [3.8, 4) is 17.1 Å². The molecule has 1 aliphatic heterocycles. The van der Waals surface area contributed by atoms with E-state index in [9.17, 15) is 4.39 Å². The minimum absolute atomic E-state index is 0.285. The SMILES string of the molecule is Cc1ccc(-c2nn(-c3cccc(F)c3)cc2CN2CCCC(c3nncn3C)C2)o1. The standard InChI is InChI=1S/C23H25FN6O/c1-16-8-9-21(31-16)22-18(14-30(27-22)20-7-3-6-19(24)11-20)13-29-10-4-5-17(12-29)23-26-25-15-28(23)2/h3,6-9,11,14-15,17H,4-5,10,12-13H2,1-2H3. The van der Waals surface area contributed by atoms with E-state index in [1.807, 2.05) is 42.9 Å². The van der Waals surface area contributed by atoms with E-state index < -0.39 is 0 Å². The largest absolute Gasteiger partial charge is 0.460 e. The molecule has 160 valence electrons. The first-order chi connectivity index (χ1) is 15.1. The van der Waals surface area contributed by atoms with Gasteiger partial charge in [-0.15, -0.1) is 10.2 Å². The maximum Gasteiger partial charge on any atom is 0.154 e. The van der Waals surface area contributed by atoms with Crippen molar-refractivity contribution in [1.29, 1.82) is 0 Å². The van der Waals surface area contributed by atoms with Gasteiger partial charge in [0.05, 0.1) is 5.69 Å². The molecular formula is C23H25FN6O. The average Bonchev–Trinajstić information content (AvgIpc) is 3.48. The van der Waals surface area contributed by atoms with Crippen LogP contribution in [0.15, 0.2) is 53.3 Å². The number of rotatable bonds is 5. The Bertz CT molecular complexity index is 1190.